The van der Waals surface area contributed by atoms with Crippen molar-refractivity contribution in [3.63, 3.8) is 0 Å². The predicted molar refractivity (Wildman–Crippen MR) is 101 cm³/mol. The lowest BCUT2D eigenvalue weighted by atomic mass is 9.97. The number of anilines is 1. The number of carbonyl (C=O) groups excluding carboxylic acids is 1. The van der Waals surface area contributed by atoms with Crippen LogP contribution in [0, 0.1) is 13.8 Å². The Balaban J connectivity index is 1.52. The molecule has 1 aromatic carbocycles. The Kier molecular flexibility index (Phi) is 4.01. The molecule has 1 aliphatic heterocycles. The molecule has 4 rings (SSSR count). The number of hydrogen-bond donors (Lipinski definition) is 2. The number of fused-ring (bicyclic) bond motifs is 1. The number of benzene rings is 1. The number of urea groups is 1. The summed E-state index contributed by atoms with van der Waals surface area (Å²) in [6, 6.07) is 8.22. The lowest BCUT2D eigenvalue weighted by Crippen LogP contribution is -2.37. The van der Waals surface area contributed by atoms with Crippen molar-refractivity contribution >= 4 is 39.0 Å². The van der Waals surface area contributed by atoms with Gasteiger partial charge in [-0.25, -0.2) is 4.79 Å². The first-order valence-electron chi connectivity index (χ1n) is 8.24. The highest BCUT2D eigenvalue weighted by Crippen LogP contribution is 2.32. The van der Waals surface area contributed by atoms with Gasteiger partial charge in [0.15, 0.2) is 0 Å². The molecule has 0 radical (unpaired) electrons. The van der Waals surface area contributed by atoms with Gasteiger partial charge in [-0.15, -0.1) is 10.2 Å². The topological polar surface area (TPSA) is 73.9 Å². The first-order valence-corrected chi connectivity index (χ1v) is 9.06. The van der Waals surface area contributed by atoms with Crippen LogP contribution in [0.5, 0.6) is 0 Å². The first-order chi connectivity index (χ1) is 12.1. The zero-order valence-electron chi connectivity index (χ0n) is 14.2. The third-order valence-electron chi connectivity index (χ3n) is 4.45. The maximum atomic E-state index is 12.4. The second-order valence-corrected chi connectivity index (χ2v) is 7.33. The molecule has 3 heterocycles. The minimum absolute atomic E-state index is 0.123. The molecule has 2 amide bonds. The van der Waals surface area contributed by atoms with Crippen LogP contribution >= 0.6 is 11.3 Å². The number of H-pyrrole nitrogens is 1. The number of carbonyl (C=O) groups is 1. The molecule has 0 fully saturated rings. The van der Waals surface area contributed by atoms with Gasteiger partial charge >= 0.3 is 6.03 Å². The van der Waals surface area contributed by atoms with Gasteiger partial charge in [0, 0.05) is 35.2 Å². The summed E-state index contributed by atoms with van der Waals surface area (Å²) in [5.74, 6) is 0. The van der Waals surface area contributed by atoms with E-state index in [9.17, 15) is 4.79 Å². The Morgan fingerprint density at radius 2 is 2.12 bits per heavy atom. The number of nitrogens with zero attached hydrogens (tertiary/aromatic N) is 3. The summed E-state index contributed by atoms with van der Waals surface area (Å²) in [6.45, 7) is 5.26. The van der Waals surface area contributed by atoms with Crippen LogP contribution in [0.4, 0.5) is 9.93 Å². The van der Waals surface area contributed by atoms with Crippen LogP contribution in [0.15, 0.2) is 30.3 Å². The number of rotatable bonds is 2. The van der Waals surface area contributed by atoms with E-state index in [1.165, 1.54) is 33.6 Å². The molecular weight excluding hydrogens is 334 g/mol. The van der Waals surface area contributed by atoms with Gasteiger partial charge in [-0.05, 0) is 31.9 Å². The fraction of sp³-hybridized carbons (Fsp3) is 0.278. The highest BCUT2D eigenvalue weighted by atomic mass is 32.1. The van der Waals surface area contributed by atoms with Crippen LogP contribution in [-0.4, -0.2) is 39.2 Å². The second kappa shape index (κ2) is 6.33. The van der Waals surface area contributed by atoms with Gasteiger partial charge in [-0.2, -0.15) is 0 Å². The molecule has 0 bridgehead atoms. The Morgan fingerprint density at radius 1 is 1.28 bits per heavy atom. The van der Waals surface area contributed by atoms with Crippen molar-refractivity contribution in [2.75, 3.05) is 18.4 Å². The zero-order valence-corrected chi connectivity index (χ0v) is 15.0. The van der Waals surface area contributed by atoms with Gasteiger partial charge in [0.05, 0.1) is 0 Å². The van der Waals surface area contributed by atoms with Gasteiger partial charge in [0.25, 0.3) is 0 Å². The van der Waals surface area contributed by atoms with Crippen molar-refractivity contribution in [1.29, 1.82) is 0 Å². The average molecular weight is 353 g/mol. The van der Waals surface area contributed by atoms with E-state index in [0.717, 1.165) is 16.9 Å². The molecule has 2 N–H and O–H groups in total. The van der Waals surface area contributed by atoms with Crippen molar-refractivity contribution in [2.45, 2.75) is 20.3 Å². The largest absolute Gasteiger partial charge is 0.358 e. The van der Waals surface area contributed by atoms with Gasteiger partial charge in [-0.3, -0.25) is 5.32 Å². The van der Waals surface area contributed by atoms with Crippen molar-refractivity contribution in [3.05, 3.63) is 46.6 Å². The second-order valence-electron chi connectivity index (χ2n) is 6.15. The molecule has 3 aromatic rings. The monoisotopic (exact) mass is 353 g/mol. The van der Waals surface area contributed by atoms with Crippen molar-refractivity contribution in [3.8, 4) is 0 Å². The molecule has 6 nitrogen and oxygen atoms in total. The fourth-order valence-electron chi connectivity index (χ4n) is 3.29. The van der Waals surface area contributed by atoms with E-state index in [1.54, 1.807) is 4.90 Å². The molecule has 0 atom stereocenters. The molecule has 0 unspecified atom stereocenters. The maximum absolute atomic E-state index is 12.4. The minimum atomic E-state index is -0.123. The van der Waals surface area contributed by atoms with E-state index in [1.807, 2.05) is 13.0 Å². The van der Waals surface area contributed by atoms with E-state index >= 15 is 0 Å². The highest BCUT2D eigenvalue weighted by Gasteiger charge is 2.21. The number of nitrogens with one attached hydrogen (secondary N) is 2. The molecule has 0 saturated carbocycles. The summed E-state index contributed by atoms with van der Waals surface area (Å²) in [6.07, 6.45) is 2.99. The fourth-order valence-corrected chi connectivity index (χ4v) is 3.87. The van der Waals surface area contributed by atoms with E-state index in [2.05, 4.69) is 51.7 Å². The van der Waals surface area contributed by atoms with Crippen LogP contribution in [0.2, 0.25) is 0 Å². The molecule has 0 aliphatic carbocycles. The Bertz CT molecular complexity index is 971. The summed E-state index contributed by atoms with van der Waals surface area (Å²) in [7, 11) is 0. The number of aromatic nitrogens is 3. The average Bonchev–Trinajstić information content (AvgIpc) is 3.17. The molecule has 128 valence electrons. The lowest BCUT2D eigenvalue weighted by molar-refractivity contribution is 0.217. The van der Waals surface area contributed by atoms with Crippen LogP contribution in [0.1, 0.15) is 22.7 Å². The summed E-state index contributed by atoms with van der Waals surface area (Å²) in [4.78, 5) is 17.6. The molecule has 2 aromatic heterocycles. The van der Waals surface area contributed by atoms with E-state index in [-0.39, 0.29) is 6.03 Å². The Labute approximate surface area is 149 Å². The van der Waals surface area contributed by atoms with Gasteiger partial charge in [0.2, 0.25) is 5.13 Å². The van der Waals surface area contributed by atoms with Crippen molar-refractivity contribution < 1.29 is 4.79 Å². The Hall–Kier alpha value is -2.67. The van der Waals surface area contributed by atoms with E-state index in [4.69, 9.17) is 0 Å². The minimum Gasteiger partial charge on any atom is -0.358 e. The SMILES string of the molecule is Cc1nnc(NC(=O)N2CC=C(c3c(C)[nH]c4ccccc34)CC2)s1. The normalized spacial score (nSPS) is 14.6. The van der Waals surface area contributed by atoms with Crippen LogP contribution in [0.3, 0.4) is 0 Å². The molecule has 1 aliphatic rings. The molecule has 7 heteroatoms. The predicted octanol–water partition coefficient (Wildman–Crippen LogP) is 3.96. The molecular formula is C18H19N5OS. The quantitative estimate of drug-likeness (QED) is 0.732. The Morgan fingerprint density at radius 3 is 2.84 bits per heavy atom. The van der Waals surface area contributed by atoms with E-state index in [0.29, 0.717) is 18.2 Å². The van der Waals surface area contributed by atoms with Gasteiger partial charge < -0.3 is 9.88 Å². The van der Waals surface area contributed by atoms with Crippen molar-refractivity contribution in [1.82, 2.24) is 20.1 Å². The molecule has 0 saturated heterocycles. The van der Waals surface area contributed by atoms with Crippen LogP contribution in [0.25, 0.3) is 16.5 Å². The summed E-state index contributed by atoms with van der Waals surface area (Å²) in [5, 5.41) is 13.3. The number of hydrogen-bond acceptors (Lipinski definition) is 4. The van der Waals surface area contributed by atoms with Crippen LogP contribution in [-0.2, 0) is 0 Å². The summed E-state index contributed by atoms with van der Waals surface area (Å²) < 4.78 is 0. The van der Waals surface area contributed by atoms with E-state index < -0.39 is 0 Å². The highest BCUT2D eigenvalue weighted by molar-refractivity contribution is 7.15. The standard InChI is InChI=1S/C18H19N5OS/c1-11-16(14-5-3-4-6-15(14)19-11)13-7-9-23(10-8-13)18(24)20-17-22-21-12(2)25-17/h3-7,19H,8-10H2,1-2H3,(H,20,22,24). The van der Waals surface area contributed by atoms with Crippen LogP contribution < -0.4 is 5.32 Å². The third-order valence-corrected chi connectivity index (χ3v) is 5.21. The first kappa shape index (κ1) is 15.8. The smallest absolute Gasteiger partial charge is 0.323 e. The molecule has 0 spiro atoms. The van der Waals surface area contributed by atoms with Gasteiger partial charge in [0.1, 0.15) is 5.01 Å². The summed E-state index contributed by atoms with van der Waals surface area (Å²) >= 11 is 1.38. The maximum Gasteiger partial charge on any atom is 0.323 e. The number of para-hydroxylation sites is 1. The lowest BCUT2D eigenvalue weighted by Gasteiger charge is -2.26. The molecule has 25 heavy (non-hydrogen) atoms. The number of amides is 2. The van der Waals surface area contributed by atoms with Gasteiger partial charge in [-0.1, -0.05) is 35.6 Å². The zero-order chi connectivity index (χ0) is 17.4. The summed E-state index contributed by atoms with van der Waals surface area (Å²) in [5.41, 5.74) is 4.90. The van der Waals surface area contributed by atoms with Crippen molar-refractivity contribution in [2.24, 2.45) is 0 Å². The number of aryl methyl sites for hydroxylation is 2. The number of aromatic amines is 1. The third kappa shape index (κ3) is 3.02.